The third-order valence-electron chi connectivity index (χ3n) is 0.371. The van der Waals surface area contributed by atoms with Gasteiger partial charge in [-0.05, 0) is 0 Å². The van der Waals surface area contributed by atoms with Gasteiger partial charge in [-0.1, -0.05) is 24.4 Å². The summed E-state index contributed by atoms with van der Waals surface area (Å²) in [5.41, 5.74) is 2.87. The maximum atomic E-state index is 4.44. The standard InChI is InChI=1S/C3H6N2S2/c6-2-4-1-5-3-7/h2-3H,1H2,(H,4,6)(H,5,7). The summed E-state index contributed by atoms with van der Waals surface area (Å²) in [6, 6.07) is 0. The van der Waals surface area contributed by atoms with Crippen LogP contribution in [0.15, 0.2) is 0 Å². The van der Waals surface area contributed by atoms with Gasteiger partial charge in [0.2, 0.25) is 0 Å². The Morgan fingerprint density at radius 1 is 1.14 bits per heavy atom. The van der Waals surface area contributed by atoms with E-state index in [1.807, 2.05) is 0 Å². The largest absolute Gasteiger partial charge is 0.365 e. The molecule has 0 saturated carbocycles. The molecule has 2 nitrogen and oxygen atoms in total. The van der Waals surface area contributed by atoms with Crippen molar-refractivity contribution in [3.05, 3.63) is 0 Å². The fraction of sp³-hybridized carbons (Fsp3) is 0.333. The monoisotopic (exact) mass is 134 g/mol. The Kier molecular flexibility index (Phi) is 5.60. The van der Waals surface area contributed by atoms with Crippen molar-refractivity contribution in [3.63, 3.8) is 0 Å². The van der Waals surface area contributed by atoms with E-state index < -0.39 is 0 Å². The first kappa shape index (κ1) is 6.78. The Balaban J connectivity index is 2.68. The van der Waals surface area contributed by atoms with Gasteiger partial charge < -0.3 is 10.6 Å². The summed E-state index contributed by atoms with van der Waals surface area (Å²) in [6.45, 7) is 0.618. The number of rotatable bonds is 4. The second-order valence-corrected chi connectivity index (χ2v) is 1.29. The minimum atomic E-state index is 0.618. The summed E-state index contributed by atoms with van der Waals surface area (Å²) in [5, 5.41) is 5.46. The van der Waals surface area contributed by atoms with Crippen LogP contribution in [-0.4, -0.2) is 17.7 Å². The zero-order chi connectivity index (χ0) is 5.54. The van der Waals surface area contributed by atoms with E-state index in [4.69, 9.17) is 0 Å². The summed E-state index contributed by atoms with van der Waals surface area (Å²) in [5.74, 6) is 0. The van der Waals surface area contributed by atoms with Gasteiger partial charge in [0, 0.05) is 0 Å². The molecule has 0 aromatic heterocycles. The fourth-order valence-corrected chi connectivity index (χ4v) is 0.309. The Hall–Kier alpha value is -0.220. The van der Waals surface area contributed by atoms with Crippen LogP contribution in [0.1, 0.15) is 0 Å². The van der Waals surface area contributed by atoms with Crippen molar-refractivity contribution in [2.75, 3.05) is 6.67 Å². The summed E-state index contributed by atoms with van der Waals surface area (Å²) >= 11 is 8.88. The summed E-state index contributed by atoms with van der Waals surface area (Å²) in [6.07, 6.45) is 0. The van der Waals surface area contributed by atoms with E-state index in [-0.39, 0.29) is 0 Å². The summed E-state index contributed by atoms with van der Waals surface area (Å²) in [4.78, 5) is 0. The lowest BCUT2D eigenvalue weighted by Gasteiger charge is -1.93. The zero-order valence-corrected chi connectivity index (χ0v) is 5.31. The molecule has 0 aliphatic carbocycles. The number of hydrogen-bond acceptors (Lipinski definition) is 2. The molecule has 0 atom stereocenters. The highest BCUT2D eigenvalue weighted by molar-refractivity contribution is 7.79. The molecule has 0 aromatic carbocycles. The van der Waals surface area contributed by atoms with Crippen molar-refractivity contribution < 1.29 is 0 Å². The molecule has 4 heteroatoms. The van der Waals surface area contributed by atoms with E-state index in [0.717, 1.165) is 0 Å². The van der Waals surface area contributed by atoms with Gasteiger partial charge in [-0.2, -0.15) is 0 Å². The molecule has 0 aliphatic heterocycles. The molecule has 0 amide bonds. The molecule has 0 saturated heterocycles. The smallest absolute Gasteiger partial charge is 0.0853 e. The van der Waals surface area contributed by atoms with Crippen LogP contribution in [-0.2, 0) is 0 Å². The molecular formula is C3H6N2S2. The Morgan fingerprint density at radius 3 is 1.86 bits per heavy atom. The van der Waals surface area contributed by atoms with Crippen LogP contribution in [0, 0.1) is 0 Å². The van der Waals surface area contributed by atoms with E-state index in [9.17, 15) is 0 Å². The molecule has 0 heterocycles. The SMILES string of the molecule is S=CNCNC=S. The summed E-state index contributed by atoms with van der Waals surface area (Å²) < 4.78 is 0. The van der Waals surface area contributed by atoms with Gasteiger partial charge in [0.05, 0.1) is 17.7 Å². The Morgan fingerprint density at radius 2 is 1.57 bits per heavy atom. The zero-order valence-electron chi connectivity index (χ0n) is 3.68. The molecule has 40 valence electrons. The van der Waals surface area contributed by atoms with Crippen LogP contribution in [0.3, 0.4) is 0 Å². The van der Waals surface area contributed by atoms with E-state index in [0.29, 0.717) is 6.67 Å². The van der Waals surface area contributed by atoms with Gasteiger partial charge in [-0.15, -0.1) is 0 Å². The van der Waals surface area contributed by atoms with Crippen molar-refractivity contribution in [2.45, 2.75) is 0 Å². The molecule has 0 bridgehead atoms. The second kappa shape index (κ2) is 5.78. The lowest BCUT2D eigenvalue weighted by molar-refractivity contribution is 0.867. The molecule has 0 radical (unpaired) electrons. The van der Waals surface area contributed by atoms with Gasteiger partial charge in [0.15, 0.2) is 0 Å². The highest BCUT2D eigenvalue weighted by atomic mass is 32.1. The number of thiocarbonyl (C=S) groups is 2. The van der Waals surface area contributed by atoms with Gasteiger partial charge in [-0.25, -0.2) is 0 Å². The van der Waals surface area contributed by atoms with E-state index in [1.165, 1.54) is 11.0 Å². The summed E-state index contributed by atoms with van der Waals surface area (Å²) in [7, 11) is 0. The van der Waals surface area contributed by atoms with Crippen molar-refractivity contribution in [1.29, 1.82) is 0 Å². The van der Waals surface area contributed by atoms with E-state index in [1.54, 1.807) is 0 Å². The van der Waals surface area contributed by atoms with Gasteiger partial charge in [0.1, 0.15) is 0 Å². The first-order valence-electron chi connectivity index (χ1n) is 1.76. The number of hydrogen-bond donors (Lipinski definition) is 2. The first-order chi connectivity index (χ1) is 3.41. The van der Waals surface area contributed by atoms with Crippen molar-refractivity contribution in [3.8, 4) is 0 Å². The highest BCUT2D eigenvalue weighted by Gasteiger charge is 1.67. The lowest BCUT2D eigenvalue weighted by Crippen LogP contribution is -2.25. The van der Waals surface area contributed by atoms with Crippen molar-refractivity contribution in [1.82, 2.24) is 10.6 Å². The maximum absolute atomic E-state index is 4.44. The molecule has 0 spiro atoms. The highest BCUT2D eigenvalue weighted by Crippen LogP contribution is 1.44. The van der Waals surface area contributed by atoms with Crippen LogP contribution >= 0.6 is 24.4 Å². The molecule has 2 N–H and O–H groups in total. The second-order valence-electron chi connectivity index (χ2n) is 0.821. The third-order valence-corrected chi connectivity index (χ3v) is 0.704. The molecule has 0 unspecified atom stereocenters. The predicted octanol–water partition coefficient (Wildman–Crippen LogP) is 0.0375. The van der Waals surface area contributed by atoms with E-state index in [2.05, 4.69) is 35.1 Å². The molecular weight excluding hydrogens is 128 g/mol. The van der Waals surface area contributed by atoms with Gasteiger partial charge in [-0.3, -0.25) is 0 Å². The van der Waals surface area contributed by atoms with Gasteiger partial charge >= 0.3 is 0 Å². The van der Waals surface area contributed by atoms with Crippen LogP contribution in [0.25, 0.3) is 0 Å². The quantitative estimate of drug-likeness (QED) is 0.322. The maximum Gasteiger partial charge on any atom is 0.0853 e. The molecule has 0 fully saturated rings. The normalized spacial score (nSPS) is 6.86. The Bertz CT molecular complexity index is 56.0. The van der Waals surface area contributed by atoms with Crippen LogP contribution < -0.4 is 10.6 Å². The number of nitrogens with one attached hydrogen (secondary N) is 2. The topological polar surface area (TPSA) is 24.1 Å². The van der Waals surface area contributed by atoms with Crippen molar-refractivity contribution in [2.24, 2.45) is 0 Å². The lowest BCUT2D eigenvalue weighted by atomic mass is 11.0. The molecule has 0 rings (SSSR count). The van der Waals surface area contributed by atoms with Crippen molar-refractivity contribution >= 4 is 35.4 Å². The third kappa shape index (κ3) is 5.78. The first-order valence-corrected chi connectivity index (χ1v) is 2.70. The predicted molar refractivity (Wildman–Crippen MR) is 38.4 cm³/mol. The van der Waals surface area contributed by atoms with Crippen LogP contribution in [0.4, 0.5) is 0 Å². The van der Waals surface area contributed by atoms with E-state index >= 15 is 0 Å². The average molecular weight is 134 g/mol. The average Bonchev–Trinajstić information content (AvgIpc) is 1.69. The van der Waals surface area contributed by atoms with Crippen LogP contribution in [0.5, 0.6) is 0 Å². The molecule has 0 aliphatic rings. The molecule has 0 aromatic rings. The molecule has 7 heavy (non-hydrogen) atoms. The minimum Gasteiger partial charge on any atom is -0.365 e. The fourth-order valence-electron chi connectivity index (χ4n) is 0.142. The Labute approximate surface area is 53.3 Å². The van der Waals surface area contributed by atoms with Crippen LogP contribution in [0.2, 0.25) is 0 Å². The minimum absolute atomic E-state index is 0.618. The van der Waals surface area contributed by atoms with Gasteiger partial charge in [0.25, 0.3) is 0 Å².